The fourth-order valence-electron chi connectivity index (χ4n) is 2.15. The van der Waals surface area contributed by atoms with Crippen LogP contribution < -0.4 is 12.4 Å². The van der Waals surface area contributed by atoms with Crippen LogP contribution in [0.25, 0.3) is 0 Å². The van der Waals surface area contributed by atoms with Gasteiger partial charge in [0.15, 0.2) is 12.8 Å². The molecular weight excluding hydrogens is 285 g/mol. The van der Waals surface area contributed by atoms with E-state index in [4.69, 9.17) is 11.6 Å². The summed E-state index contributed by atoms with van der Waals surface area (Å²) in [5, 5.41) is 3.03. The first-order valence-electron chi connectivity index (χ1n) is 5.71. The highest BCUT2D eigenvalue weighted by Crippen LogP contribution is 2.21. The van der Waals surface area contributed by atoms with Gasteiger partial charge in [-0.2, -0.15) is 0 Å². The molecule has 0 unspecified atom stereocenters. The number of hydrogen-bond donors (Lipinski definition) is 0. The molecule has 0 spiro atoms. The van der Waals surface area contributed by atoms with E-state index in [1.807, 2.05) is 29.5 Å². The zero-order valence-electron chi connectivity index (χ0n) is 9.77. The van der Waals surface area contributed by atoms with Crippen LogP contribution in [0, 0.1) is 0 Å². The van der Waals surface area contributed by atoms with Crippen molar-refractivity contribution in [3.63, 3.8) is 0 Å². The smallest absolute Gasteiger partial charge is 0.172 e. The Morgan fingerprint density at radius 1 is 1.22 bits per heavy atom. The summed E-state index contributed by atoms with van der Waals surface area (Å²) in [6, 6.07) is 10.3. The number of thiophene rings is 1. The second kappa shape index (κ2) is 5.87. The van der Waals surface area contributed by atoms with Gasteiger partial charge in [0.25, 0.3) is 0 Å². The Morgan fingerprint density at radius 3 is 2.89 bits per heavy atom. The van der Waals surface area contributed by atoms with Gasteiger partial charge in [0, 0.05) is 16.9 Å². The van der Waals surface area contributed by atoms with Crippen LogP contribution in [0.3, 0.4) is 0 Å². The monoisotopic (exact) mass is 297 g/mol. The SMILES string of the molecule is Clc1ccccc1C[N+]1=Cc2ccsc2CC1.[Cl-]. The predicted octanol–water partition coefficient (Wildman–Crippen LogP) is 0.593. The molecule has 2 aromatic rings. The van der Waals surface area contributed by atoms with Crippen molar-refractivity contribution in [2.24, 2.45) is 0 Å². The normalized spacial score (nSPS) is 13.5. The lowest BCUT2D eigenvalue weighted by Gasteiger charge is -2.09. The minimum atomic E-state index is 0. The molecular formula is C14H13Cl2NS. The van der Waals surface area contributed by atoms with Crippen molar-refractivity contribution < 1.29 is 17.0 Å². The molecule has 0 radical (unpaired) electrons. The maximum atomic E-state index is 6.18. The minimum Gasteiger partial charge on any atom is -1.00 e. The number of halogens is 2. The second-order valence-electron chi connectivity index (χ2n) is 4.24. The number of nitrogens with zero attached hydrogens (tertiary/aromatic N) is 1. The first kappa shape index (κ1) is 13.6. The number of benzene rings is 1. The van der Waals surface area contributed by atoms with Crippen molar-refractivity contribution in [3.05, 3.63) is 56.7 Å². The van der Waals surface area contributed by atoms with E-state index in [0.717, 1.165) is 24.5 Å². The van der Waals surface area contributed by atoms with E-state index < -0.39 is 0 Å². The molecule has 1 aliphatic rings. The van der Waals surface area contributed by atoms with Crippen LogP contribution in [0.15, 0.2) is 35.7 Å². The van der Waals surface area contributed by atoms with Crippen LogP contribution in [-0.4, -0.2) is 17.3 Å². The molecule has 4 heteroatoms. The fourth-order valence-corrected chi connectivity index (χ4v) is 3.19. The van der Waals surface area contributed by atoms with E-state index in [0.29, 0.717) is 0 Å². The van der Waals surface area contributed by atoms with Gasteiger partial charge in [-0.3, -0.25) is 0 Å². The molecule has 94 valence electrons. The first-order valence-corrected chi connectivity index (χ1v) is 6.97. The van der Waals surface area contributed by atoms with Crippen molar-refractivity contribution in [1.82, 2.24) is 0 Å². The Balaban J connectivity index is 0.00000120. The van der Waals surface area contributed by atoms with E-state index in [1.54, 1.807) is 0 Å². The summed E-state index contributed by atoms with van der Waals surface area (Å²) < 4.78 is 2.34. The quantitative estimate of drug-likeness (QED) is 0.714. The van der Waals surface area contributed by atoms with Crippen molar-refractivity contribution >= 4 is 29.2 Å². The van der Waals surface area contributed by atoms with E-state index >= 15 is 0 Å². The Morgan fingerprint density at radius 2 is 2.06 bits per heavy atom. The Labute approximate surface area is 122 Å². The number of fused-ring (bicyclic) bond motifs is 1. The van der Waals surface area contributed by atoms with Gasteiger partial charge in [0.2, 0.25) is 0 Å². The first-order chi connectivity index (χ1) is 8.33. The highest BCUT2D eigenvalue weighted by molar-refractivity contribution is 7.10. The lowest BCUT2D eigenvalue weighted by atomic mass is 10.1. The molecule has 0 saturated heterocycles. The summed E-state index contributed by atoms with van der Waals surface area (Å²) in [6.07, 6.45) is 3.40. The maximum absolute atomic E-state index is 6.18. The molecule has 0 aliphatic carbocycles. The Bertz CT molecular complexity index is 575. The van der Waals surface area contributed by atoms with Gasteiger partial charge in [-0.1, -0.05) is 29.8 Å². The van der Waals surface area contributed by atoms with E-state index in [-0.39, 0.29) is 12.4 Å². The van der Waals surface area contributed by atoms with E-state index in [9.17, 15) is 0 Å². The maximum Gasteiger partial charge on any atom is 0.172 e. The van der Waals surface area contributed by atoms with E-state index in [2.05, 4.69) is 28.3 Å². The van der Waals surface area contributed by atoms with Crippen LogP contribution in [0.4, 0.5) is 0 Å². The number of rotatable bonds is 2. The largest absolute Gasteiger partial charge is 1.00 e. The summed E-state index contributed by atoms with van der Waals surface area (Å²) >= 11 is 8.04. The molecule has 18 heavy (non-hydrogen) atoms. The van der Waals surface area contributed by atoms with Crippen molar-refractivity contribution in [2.45, 2.75) is 13.0 Å². The zero-order chi connectivity index (χ0) is 11.7. The molecule has 3 rings (SSSR count). The van der Waals surface area contributed by atoms with Gasteiger partial charge in [0.1, 0.15) is 6.54 Å². The Kier molecular flexibility index (Phi) is 4.44. The summed E-state index contributed by atoms with van der Waals surface area (Å²) in [4.78, 5) is 1.50. The topological polar surface area (TPSA) is 3.01 Å². The standard InChI is InChI=1S/C14H13ClNS.ClH/c15-13-4-2-1-3-11(13)9-16-7-5-14-12(10-16)6-8-17-14;/h1-4,6,8,10H,5,7,9H2;1H/q+1;/p-1. The minimum absolute atomic E-state index is 0. The zero-order valence-corrected chi connectivity index (χ0v) is 12.1. The number of hydrogen-bond acceptors (Lipinski definition) is 1. The van der Waals surface area contributed by atoms with Gasteiger partial charge in [0.05, 0.1) is 10.6 Å². The lowest BCUT2D eigenvalue weighted by Crippen LogP contribution is -3.00. The van der Waals surface area contributed by atoms with E-state index in [1.165, 1.54) is 16.0 Å². The second-order valence-corrected chi connectivity index (χ2v) is 5.65. The van der Waals surface area contributed by atoms with Crippen LogP contribution in [-0.2, 0) is 13.0 Å². The van der Waals surface area contributed by atoms with Gasteiger partial charge < -0.3 is 12.4 Å². The average Bonchev–Trinajstić information content (AvgIpc) is 2.79. The van der Waals surface area contributed by atoms with Crippen LogP contribution in [0.2, 0.25) is 5.02 Å². The van der Waals surface area contributed by atoms with Crippen LogP contribution in [0.5, 0.6) is 0 Å². The molecule has 0 bridgehead atoms. The summed E-state index contributed by atoms with van der Waals surface area (Å²) in [6.45, 7) is 1.98. The average molecular weight is 298 g/mol. The summed E-state index contributed by atoms with van der Waals surface area (Å²) in [7, 11) is 0. The summed E-state index contributed by atoms with van der Waals surface area (Å²) in [5.41, 5.74) is 2.57. The highest BCUT2D eigenvalue weighted by Gasteiger charge is 2.17. The fraction of sp³-hybridized carbons (Fsp3) is 0.214. The van der Waals surface area contributed by atoms with Crippen molar-refractivity contribution in [1.29, 1.82) is 0 Å². The van der Waals surface area contributed by atoms with Crippen molar-refractivity contribution in [2.75, 3.05) is 6.54 Å². The molecule has 0 atom stereocenters. The molecule has 0 amide bonds. The highest BCUT2D eigenvalue weighted by atomic mass is 35.5. The molecule has 1 aromatic carbocycles. The third-order valence-corrected chi connectivity index (χ3v) is 4.42. The molecule has 2 heterocycles. The molecule has 0 fully saturated rings. The van der Waals surface area contributed by atoms with Crippen LogP contribution >= 0.6 is 22.9 Å². The third kappa shape index (κ3) is 2.77. The Hall–Kier alpha value is -0.830. The lowest BCUT2D eigenvalue weighted by molar-refractivity contribution is -0.540. The third-order valence-electron chi connectivity index (χ3n) is 3.06. The molecule has 1 aromatic heterocycles. The van der Waals surface area contributed by atoms with Gasteiger partial charge >= 0.3 is 0 Å². The van der Waals surface area contributed by atoms with Crippen LogP contribution in [0.1, 0.15) is 16.0 Å². The molecule has 1 nitrogen and oxygen atoms in total. The predicted molar refractivity (Wildman–Crippen MR) is 73.5 cm³/mol. The summed E-state index contributed by atoms with van der Waals surface area (Å²) in [5.74, 6) is 0. The molecule has 0 N–H and O–H groups in total. The van der Waals surface area contributed by atoms with Gasteiger partial charge in [-0.15, -0.1) is 11.3 Å². The molecule has 1 aliphatic heterocycles. The van der Waals surface area contributed by atoms with Gasteiger partial charge in [-0.05, 0) is 17.5 Å². The van der Waals surface area contributed by atoms with Gasteiger partial charge in [-0.25, -0.2) is 4.58 Å². The molecule has 0 saturated carbocycles. The van der Waals surface area contributed by atoms with Crippen molar-refractivity contribution in [3.8, 4) is 0 Å².